The summed E-state index contributed by atoms with van der Waals surface area (Å²) in [5.41, 5.74) is -0.145. The van der Waals surface area contributed by atoms with Gasteiger partial charge in [0.25, 0.3) is 0 Å². The van der Waals surface area contributed by atoms with E-state index in [0.717, 1.165) is 12.1 Å². The topological polar surface area (TPSA) is 37.3 Å². The summed E-state index contributed by atoms with van der Waals surface area (Å²) in [5, 5.41) is 8.87. The van der Waals surface area contributed by atoms with Gasteiger partial charge in [-0.15, -0.1) is 12.3 Å². The third-order valence-corrected chi connectivity index (χ3v) is 2.68. The molecule has 1 aromatic carbocycles. The summed E-state index contributed by atoms with van der Waals surface area (Å²) < 4.78 is 37.0. The molecule has 0 radical (unpaired) electrons. The van der Waals surface area contributed by atoms with Crippen LogP contribution in [0, 0.1) is 18.3 Å². The first kappa shape index (κ1) is 15.8. The van der Waals surface area contributed by atoms with Crippen LogP contribution in [0.5, 0.6) is 0 Å². The molecule has 0 fully saturated rings. The number of benzene rings is 1. The third kappa shape index (κ3) is 4.81. The van der Waals surface area contributed by atoms with Crippen LogP contribution >= 0.6 is 0 Å². The molecule has 0 amide bonds. The summed E-state index contributed by atoms with van der Waals surface area (Å²) in [6.45, 7) is 0. The molecule has 0 heterocycles. The number of terminal acetylenes is 1. The lowest BCUT2D eigenvalue weighted by atomic mass is 10.0. The summed E-state index contributed by atoms with van der Waals surface area (Å²) in [7, 11) is 0. The number of hydrogen-bond donors (Lipinski definition) is 1. The SMILES string of the molecule is C#CCC(C/C=C/c1ccc(C(F)(F)F)cc1)C(=O)O. The molecule has 0 aliphatic heterocycles. The number of carboxylic acid groups (broad SMARTS) is 1. The number of hydrogen-bond acceptors (Lipinski definition) is 1. The van der Waals surface area contributed by atoms with E-state index in [1.54, 1.807) is 12.2 Å². The smallest absolute Gasteiger partial charge is 0.416 e. The minimum absolute atomic E-state index is 0.118. The largest absolute Gasteiger partial charge is 0.481 e. The van der Waals surface area contributed by atoms with Crippen LogP contribution in [0.2, 0.25) is 0 Å². The second kappa shape index (κ2) is 6.80. The van der Waals surface area contributed by atoms with Gasteiger partial charge in [0, 0.05) is 6.42 Å². The average molecular weight is 282 g/mol. The maximum atomic E-state index is 12.3. The summed E-state index contributed by atoms with van der Waals surface area (Å²) in [4.78, 5) is 10.8. The molecule has 0 saturated carbocycles. The first-order valence-corrected chi connectivity index (χ1v) is 5.84. The number of allylic oxidation sites excluding steroid dienone is 1. The van der Waals surface area contributed by atoms with Crippen LogP contribution in [0.25, 0.3) is 6.08 Å². The second-order valence-corrected chi connectivity index (χ2v) is 4.20. The molecule has 1 aromatic rings. The van der Waals surface area contributed by atoms with E-state index >= 15 is 0 Å². The number of aliphatic carboxylic acids is 1. The van der Waals surface area contributed by atoms with Crippen molar-refractivity contribution in [3.63, 3.8) is 0 Å². The molecule has 0 aliphatic carbocycles. The molecule has 1 unspecified atom stereocenters. The first-order valence-electron chi connectivity index (χ1n) is 5.84. The number of carbonyl (C=O) groups is 1. The highest BCUT2D eigenvalue weighted by molar-refractivity contribution is 5.70. The van der Waals surface area contributed by atoms with Crippen molar-refractivity contribution in [2.24, 2.45) is 5.92 Å². The van der Waals surface area contributed by atoms with Crippen LogP contribution in [0.1, 0.15) is 24.0 Å². The fourth-order valence-electron chi connectivity index (χ4n) is 1.57. The molecule has 0 spiro atoms. The van der Waals surface area contributed by atoms with Crippen molar-refractivity contribution in [3.05, 3.63) is 41.5 Å². The lowest BCUT2D eigenvalue weighted by Gasteiger charge is -2.06. The van der Waals surface area contributed by atoms with E-state index in [0.29, 0.717) is 5.56 Å². The van der Waals surface area contributed by atoms with Gasteiger partial charge in [-0.2, -0.15) is 13.2 Å². The Bertz CT molecular complexity index is 522. The number of carboxylic acids is 1. The Balaban J connectivity index is 2.67. The number of halogens is 3. The van der Waals surface area contributed by atoms with Crippen LogP contribution < -0.4 is 0 Å². The molecule has 5 heteroatoms. The zero-order valence-corrected chi connectivity index (χ0v) is 10.5. The highest BCUT2D eigenvalue weighted by Gasteiger charge is 2.29. The Morgan fingerprint density at radius 1 is 1.35 bits per heavy atom. The van der Waals surface area contributed by atoms with Crippen LogP contribution in [-0.2, 0) is 11.0 Å². The molecule has 0 saturated heterocycles. The monoisotopic (exact) mass is 282 g/mol. The maximum absolute atomic E-state index is 12.3. The zero-order valence-electron chi connectivity index (χ0n) is 10.5. The van der Waals surface area contributed by atoms with Crippen molar-refractivity contribution in [2.45, 2.75) is 19.0 Å². The van der Waals surface area contributed by atoms with Gasteiger partial charge in [-0.05, 0) is 24.1 Å². The van der Waals surface area contributed by atoms with E-state index in [-0.39, 0.29) is 12.8 Å². The molecule has 1 atom stereocenters. The van der Waals surface area contributed by atoms with E-state index in [2.05, 4.69) is 5.92 Å². The van der Waals surface area contributed by atoms with Gasteiger partial charge in [-0.3, -0.25) is 4.79 Å². The average Bonchev–Trinajstić information content (AvgIpc) is 2.37. The molecule has 106 valence electrons. The Morgan fingerprint density at radius 3 is 2.40 bits per heavy atom. The van der Waals surface area contributed by atoms with Crippen molar-refractivity contribution in [3.8, 4) is 12.3 Å². The Kier molecular flexibility index (Phi) is 5.39. The fraction of sp³-hybridized carbons (Fsp3) is 0.267. The third-order valence-electron chi connectivity index (χ3n) is 2.68. The van der Waals surface area contributed by atoms with Gasteiger partial charge in [0.2, 0.25) is 0 Å². The van der Waals surface area contributed by atoms with Crippen LogP contribution in [0.3, 0.4) is 0 Å². The Hall–Kier alpha value is -2.22. The molecular weight excluding hydrogens is 269 g/mol. The lowest BCUT2D eigenvalue weighted by Crippen LogP contribution is -2.11. The minimum atomic E-state index is -4.36. The fourth-order valence-corrected chi connectivity index (χ4v) is 1.57. The van der Waals surface area contributed by atoms with E-state index in [9.17, 15) is 18.0 Å². The molecule has 1 rings (SSSR count). The Labute approximate surface area is 114 Å². The van der Waals surface area contributed by atoms with E-state index in [4.69, 9.17) is 11.5 Å². The van der Waals surface area contributed by atoms with Crippen molar-refractivity contribution in [1.29, 1.82) is 0 Å². The van der Waals surface area contributed by atoms with Gasteiger partial charge in [0.05, 0.1) is 11.5 Å². The zero-order chi connectivity index (χ0) is 15.2. The van der Waals surface area contributed by atoms with Crippen LogP contribution in [0.4, 0.5) is 13.2 Å². The first-order chi connectivity index (χ1) is 9.34. The van der Waals surface area contributed by atoms with Gasteiger partial charge in [0.15, 0.2) is 0 Å². The van der Waals surface area contributed by atoms with E-state index < -0.39 is 23.6 Å². The summed E-state index contributed by atoms with van der Waals surface area (Å²) in [6.07, 6.45) is 4.23. The number of alkyl halides is 3. The highest BCUT2D eigenvalue weighted by atomic mass is 19.4. The molecule has 0 bridgehead atoms. The highest BCUT2D eigenvalue weighted by Crippen LogP contribution is 2.29. The van der Waals surface area contributed by atoms with Gasteiger partial charge in [-0.1, -0.05) is 24.3 Å². The van der Waals surface area contributed by atoms with Crippen molar-refractivity contribution in [1.82, 2.24) is 0 Å². The molecule has 0 aromatic heterocycles. The number of rotatable bonds is 5. The van der Waals surface area contributed by atoms with E-state index in [1.807, 2.05) is 0 Å². The molecule has 2 nitrogen and oxygen atoms in total. The van der Waals surface area contributed by atoms with Gasteiger partial charge < -0.3 is 5.11 Å². The second-order valence-electron chi connectivity index (χ2n) is 4.20. The Morgan fingerprint density at radius 2 is 1.95 bits per heavy atom. The van der Waals surface area contributed by atoms with Gasteiger partial charge in [0.1, 0.15) is 0 Å². The summed E-state index contributed by atoms with van der Waals surface area (Å²) in [5.74, 6) is 0.621. The van der Waals surface area contributed by atoms with E-state index in [1.165, 1.54) is 12.1 Å². The standard InChI is InChI=1S/C15H13F3O2/c1-2-4-12(14(19)20)6-3-5-11-7-9-13(10-8-11)15(16,17)18/h1,3,5,7-10,12H,4,6H2,(H,19,20)/b5-3+. The quantitative estimate of drug-likeness (QED) is 0.833. The molecule has 20 heavy (non-hydrogen) atoms. The molecule has 1 N–H and O–H groups in total. The van der Waals surface area contributed by atoms with Crippen molar-refractivity contribution >= 4 is 12.0 Å². The summed E-state index contributed by atoms with van der Waals surface area (Å²) in [6, 6.07) is 4.62. The minimum Gasteiger partial charge on any atom is -0.481 e. The molecule has 0 aliphatic rings. The normalized spacial score (nSPS) is 13.1. The van der Waals surface area contributed by atoms with Gasteiger partial charge >= 0.3 is 12.1 Å². The predicted octanol–water partition coefficient (Wildman–Crippen LogP) is 3.83. The van der Waals surface area contributed by atoms with Gasteiger partial charge in [-0.25, -0.2) is 0 Å². The van der Waals surface area contributed by atoms with Crippen molar-refractivity contribution < 1.29 is 23.1 Å². The predicted molar refractivity (Wildman–Crippen MR) is 69.7 cm³/mol. The summed E-state index contributed by atoms with van der Waals surface area (Å²) >= 11 is 0. The van der Waals surface area contributed by atoms with Crippen LogP contribution in [-0.4, -0.2) is 11.1 Å². The van der Waals surface area contributed by atoms with Crippen molar-refractivity contribution in [2.75, 3.05) is 0 Å². The van der Waals surface area contributed by atoms with Crippen LogP contribution in [0.15, 0.2) is 30.3 Å². The maximum Gasteiger partial charge on any atom is 0.416 e. The lowest BCUT2D eigenvalue weighted by molar-refractivity contribution is -0.141. The molecular formula is C15H13F3O2.